The van der Waals surface area contributed by atoms with Crippen molar-refractivity contribution in [3.8, 4) is 0 Å². The Morgan fingerprint density at radius 3 is 2.22 bits per heavy atom. The van der Waals surface area contributed by atoms with Gasteiger partial charge in [-0.05, 0) is 81.1 Å². The Morgan fingerprint density at radius 1 is 0.938 bits per heavy atom. The molecule has 5 nitrogen and oxygen atoms in total. The average molecular weight is 449 g/mol. The van der Waals surface area contributed by atoms with Crippen LogP contribution in [-0.2, 0) is 21.2 Å². The molecule has 32 heavy (non-hydrogen) atoms. The number of para-hydroxylation sites is 1. The molecule has 0 N–H and O–H groups in total. The fourth-order valence-electron chi connectivity index (χ4n) is 4.39. The highest BCUT2D eigenvalue weighted by atomic mass is 32.2. The van der Waals surface area contributed by atoms with Gasteiger partial charge in [-0.3, -0.25) is 9.10 Å². The van der Waals surface area contributed by atoms with Gasteiger partial charge >= 0.3 is 0 Å². The van der Waals surface area contributed by atoms with Crippen molar-refractivity contribution in [2.75, 3.05) is 15.7 Å². The van der Waals surface area contributed by atoms with E-state index in [1.165, 1.54) is 4.31 Å². The first-order chi connectivity index (χ1) is 15.2. The second kappa shape index (κ2) is 8.43. The molecule has 0 saturated carbocycles. The zero-order chi connectivity index (χ0) is 23.0. The van der Waals surface area contributed by atoms with E-state index in [-0.39, 0.29) is 23.4 Å². The Kier molecular flexibility index (Phi) is 5.82. The molecule has 0 bridgehead atoms. The summed E-state index contributed by atoms with van der Waals surface area (Å²) in [5, 5.41) is 0. The van der Waals surface area contributed by atoms with Gasteiger partial charge in [0.05, 0.1) is 10.6 Å². The third-order valence-corrected chi connectivity index (χ3v) is 7.65. The van der Waals surface area contributed by atoms with Crippen LogP contribution in [0.3, 0.4) is 0 Å². The van der Waals surface area contributed by atoms with Crippen molar-refractivity contribution in [3.05, 3.63) is 89.0 Å². The quantitative estimate of drug-likeness (QED) is 0.564. The highest BCUT2D eigenvalue weighted by Crippen LogP contribution is 2.33. The minimum absolute atomic E-state index is 0.0249. The van der Waals surface area contributed by atoms with E-state index in [0.717, 1.165) is 34.4 Å². The monoisotopic (exact) mass is 448 g/mol. The maximum atomic E-state index is 13.7. The van der Waals surface area contributed by atoms with Crippen molar-refractivity contribution in [1.29, 1.82) is 0 Å². The van der Waals surface area contributed by atoms with Crippen molar-refractivity contribution >= 4 is 27.3 Å². The summed E-state index contributed by atoms with van der Waals surface area (Å²) in [7, 11) is -3.94. The maximum absolute atomic E-state index is 13.7. The predicted molar refractivity (Wildman–Crippen MR) is 129 cm³/mol. The van der Waals surface area contributed by atoms with Gasteiger partial charge in [0, 0.05) is 11.7 Å². The molecule has 0 spiro atoms. The number of sulfonamides is 1. The summed E-state index contributed by atoms with van der Waals surface area (Å²) in [5.41, 5.74) is 5.32. The van der Waals surface area contributed by atoms with Crippen molar-refractivity contribution < 1.29 is 13.2 Å². The summed E-state index contributed by atoms with van der Waals surface area (Å²) in [6.45, 7) is 7.49. The van der Waals surface area contributed by atoms with E-state index >= 15 is 0 Å². The lowest BCUT2D eigenvalue weighted by atomic mass is 10.1. The van der Waals surface area contributed by atoms with E-state index in [1.54, 1.807) is 29.2 Å². The van der Waals surface area contributed by atoms with E-state index in [0.29, 0.717) is 5.69 Å². The second-order valence-corrected chi connectivity index (χ2v) is 10.5. The fourth-order valence-corrected chi connectivity index (χ4v) is 5.79. The van der Waals surface area contributed by atoms with Gasteiger partial charge in [-0.25, -0.2) is 8.42 Å². The van der Waals surface area contributed by atoms with Crippen LogP contribution in [0.15, 0.2) is 71.6 Å². The molecule has 1 atom stereocenters. The SMILES string of the molecule is Cc1ccc(S(=O)(=O)N(CC(=O)N2c3ccccc3C[C@H]2C)c2cc(C)cc(C)c2)cc1. The standard InChI is InChI=1S/C26H28N2O3S/c1-18-9-11-24(12-10-18)32(30,31)27(23-14-19(2)13-20(3)15-23)17-26(29)28-21(4)16-22-7-5-6-8-25(22)28/h5-15,21H,16-17H2,1-4H3/t21-/m1/s1. The van der Waals surface area contributed by atoms with Crippen LogP contribution in [0, 0.1) is 20.8 Å². The molecule has 1 heterocycles. The van der Waals surface area contributed by atoms with Crippen molar-refractivity contribution in [3.63, 3.8) is 0 Å². The fraction of sp³-hybridized carbons (Fsp3) is 0.269. The molecular formula is C26H28N2O3S. The molecule has 3 aromatic rings. The van der Waals surface area contributed by atoms with Gasteiger partial charge in [-0.2, -0.15) is 0 Å². The van der Waals surface area contributed by atoms with E-state index in [4.69, 9.17) is 0 Å². The molecule has 1 aliphatic rings. The zero-order valence-corrected chi connectivity index (χ0v) is 19.7. The second-order valence-electron chi connectivity index (χ2n) is 8.62. The number of aryl methyl sites for hydroxylation is 3. The molecule has 0 unspecified atom stereocenters. The number of rotatable bonds is 5. The maximum Gasteiger partial charge on any atom is 0.264 e. The number of nitrogens with zero attached hydrogens (tertiary/aromatic N) is 2. The summed E-state index contributed by atoms with van der Waals surface area (Å²) in [6.07, 6.45) is 0.760. The summed E-state index contributed by atoms with van der Waals surface area (Å²) in [4.78, 5) is 15.4. The van der Waals surface area contributed by atoms with Crippen LogP contribution >= 0.6 is 0 Å². The van der Waals surface area contributed by atoms with Gasteiger partial charge in [0.1, 0.15) is 6.54 Å². The average Bonchev–Trinajstić information content (AvgIpc) is 3.07. The minimum Gasteiger partial charge on any atom is -0.307 e. The van der Waals surface area contributed by atoms with E-state index in [2.05, 4.69) is 0 Å². The summed E-state index contributed by atoms with van der Waals surface area (Å²) >= 11 is 0. The first-order valence-electron chi connectivity index (χ1n) is 10.7. The number of hydrogen-bond acceptors (Lipinski definition) is 3. The van der Waals surface area contributed by atoms with Gasteiger partial charge in [-0.1, -0.05) is 42.0 Å². The molecule has 6 heteroatoms. The Balaban J connectivity index is 1.76. The molecule has 166 valence electrons. The summed E-state index contributed by atoms with van der Waals surface area (Å²) < 4.78 is 28.6. The van der Waals surface area contributed by atoms with Gasteiger partial charge < -0.3 is 4.90 Å². The normalized spacial score (nSPS) is 15.5. The predicted octanol–water partition coefficient (Wildman–Crippen LogP) is 4.78. The van der Waals surface area contributed by atoms with Crippen molar-refractivity contribution in [1.82, 2.24) is 0 Å². The van der Waals surface area contributed by atoms with E-state index < -0.39 is 10.0 Å². The molecule has 0 fully saturated rings. The molecule has 4 rings (SSSR count). The van der Waals surface area contributed by atoms with Gasteiger partial charge in [0.25, 0.3) is 10.0 Å². The third-order valence-electron chi connectivity index (χ3n) is 5.86. The van der Waals surface area contributed by atoms with Crippen LogP contribution < -0.4 is 9.21 Å². The molecule has 0 aliphatic carbocycles. The van der Waals surface area contributed by atoms with Crippen LogP contribution in [0.2, 0.25) is 0 Å². The van der Waals surface area contributed by atoms with Crippen LogP contribution in [0.4, 0.5) is 11.4 Å². The van der Waals surface area contributed by atoms with Gasteiger partial charge in [-0.15, -0.1) is 0 Å². The van der Waals surface area contributed by atoms with E-state index in [1.807, 2.05) is 70.2 Å². The molecule has 0 aromatic heterocycles. The lowest BCUT2D eigenvalue weighted by Gasteiger charge is -2.29. The first-order valence-corrected chi connectivity index (χ1v) is 12.2. The third kappa shape index (κ3) is 4.15. The number of benzene rings is 3. The smallest absolute Gasteiger partial charge is 0.264 e. The van der Waals surface area contributed by atoms with Crippen LogP contribution in [-0.4, -0.2) is 26.9 Å². The van der Waals surface area contributed by atoms with E-state index in [9.17, 15) is 13.2 Å². The molecule has 3 aromatic carbocycles. The topological polar surface area (TPSA) is 57.7 Å². The number of amides is 1. The van der Waals surface area contributed by atoms with Crippen molar-refractivity contribution in [2.45, 2.75) is 45.1 Å². The molecule has 0 saturated heterocycles. The van der Waals surface area contributed by atoms with Crippen LogP contribution in [0.5, 0.6) is 0 Å². The Morgan fingerprint density at radius 2 is 1.56 bits per heavy atom. The number of carbonyl (C=O) groups is 1. The van der Waals surface area contributed by atoms with Crippen molar-refractivity contribution in [2.24, 2.45) is 0 Å². The number of carbonyl (C=O) groups excluding carboxylic acids is 1. The summed E-state index contributed by atoms with van der Waals surface area (Å²) in [6, 6.07) is 20.1. The minimum atomic E-state index is -3.94. The van der Waals surface area contributed by atoms with Crippen LogP contribution in [0.1, 0.15) is 29.2 Å². The van der Waals surface area contributed by atoms with Gasteiger partial charge in [0.15, 0.2) is 0 Å². The number of fused-ring (bicyclic) bond motifs is 1. The largest absolute Gasteiger partial charge is 0.307 e. The Hall–Kier alpha value is -3.12. The van der Waals surface area contributed by atoms with Gasteiger partial charge in [0.2, 0.25) is 5.91 Å². The Bertz CT molecular complexity index is 1250. The molecule has 0 radical (unpaired) electrons. The van der Waals surface area contributed by atoms with Crippen LogP contribution in [0.25, 0.3) is 0 Å². The first kappa shape index (κ1) is 22.1. The molecule has 1 amide bonds. The molecule has 1 aliphatic heterocycles. The Labute approximate surface area is 190 Å². The highest BCUT2D eigenvalue weighted by molar-refractivity contribution is 7.92. The number of anilines is 2. The lowest BCUT2D eigenvalue weighted by Crippen LogP contribution is -2.45. The summed E-state index contributed by atoms with van der Waals surface area (Å²) in [5.74, 6) is -0.239. The lowest BCUT2D eigenvalue weighted by molar-refractivity contribution is -0.117. The number of hydrogen-bond donors (Lipinski definition) is 0. The highest BCUT2D eigenvalue weighted by Gasteiger charge is 2.34. The zero-order valence-electron chi connectivity index (χ0n) is 18.9. The molecular weight excluding hydrogens is 420 g/mol.